The molecule has 1 aromatic carbocycles. The number of nitrogen functional groups attached to an aromatic ring is 3. The normalized spacial score (nSPS) is 18.7. The molecule has 23 N–H and O–H groups in total. The van der Waals surface area contributed by atoms with Crippen LogP contribution in [0.1, 0.15) is 46.4 Å². The zero-order chi connectivity index (χ0) is 68.6. The number of fused-ring (bicyclic) bond motifs is 3. The van der Waals surface area contributed by atoms with Crippen molar-refractivity contribution in [3.05, 3.63) is 125 Å². The van der Waals surface area contributed by atoms with Crippen LogP contribution in [0.2, 0.25) is 0 Å². The van der Waals surface area contributed by atoms with Crippen molar-refractivity contribution in [3.63, 3.8) is 0 Å². The highest BCUT2D eigenvalue weighted by Gasteiger charge is 2.59. The van der Waals surface area contributed by atoms with Gasteiger partial charge in [0.05, 0.1) is 53.0 Å². The Morgan fingerprint density at radius 1 is 0.839 bits per heavy atom. The number of aromatic nitrogens is 15. The molecule has 498 valence electrons. The lowest BCUT2D eigenvalue weighted by Crippen LogP contribution is -2.41. The Kier molecular flexibility index (Phi) is 24.8. The van der Waals surface area contributed by atoms with Crippen molar-refractivity contribution in [2.45, 2.75) is 81.3 Å². The van der Waals surface area contributed by atoms with Crippen LogP contribution in [0.25, 0.3) is 33.2 Å². The summed E-state index contributed by atoms with van der Waals surface area (Å²) in [6, 6.07) is 7.70. The number of benzene rings is 1. The number of aliphatic hydroxyl groups is 5. The molecule has 2 saturated heterocycles. The van der Waals surface area contributed by atoms with Gasteiger partial charge in [0.2, 0.25) is 18.1 Å². The minimum atomic E-state index is -3.71. The number of imidazole rings is 2. The quantitative estimate of drug-likeness (QED) is 0.0343. The second kappa shape index (κ2) is 32.1. The lowest BCUT2D eigenvalue weighted by Gasteiger charge is -2.20. The van der Waals surface area contributed by atoms with Gasteiger partial charge in [-0.15, -0.1) is 11.3 Å². The minimum Gasteiger partial charge on any atom is -0.481 e. The van der Waals surface area contributed by atoms with Crippen molar-refractivity contribution in [3.8, 4) is 0 Å². The first-order chi connectivity index (χ1) is 44.0. The van der Waals surface area contributed by atoms with E-state index >= 15 is 0 Å². The second-order valence-electron chi connectivity index (χ2n) is 19.2. The lowest BCUT2D eigenvalue weighted by molar-refractivity contribution is -0.141. The van der Waals surface area contributed by atoms with Crippen LogP contribution < -0.4 is 55.6 Å². The van der Waals surface area contributed by atoms with Gasteiger partial charge in [0, 0.05) is 26.2 Å². The molecule has 44 heteroatoms. The summed E-state index contributed by atoms with van der Waals surface area (Å²) in [5, 5.41) is 75.2. The van der Waals surface area contributed by atoms with E-state index in [1.54, 1.807) is 37.5 Å². The number of nitrogens with one attached hydrogen (secondary N) is 7. The number of hydroxylamine groups is 1. The van der Waals surface area contributed by atoms with Crippen molar-refractivity contribution in [1.82, 2.24) is 84.7 Å². The highest BCUT2D eigenvalue weighted by Crippen LogP contribution is 2.42. The number of alkyl halides is 2. The number of aromatic amines is 5. The van der Waals surface area contributed by atoms with Crippen LogP contribution in [0.15, 0.2) is 82.3 Å². The number of carboxylic acids is 2. The van der Waals surface area contributed by atoms with E-state index in [-0.39, 0.29) is 36.1 Å². The number of hydrogen-bond acceptors (Lipinski definition) is 30. The van der Waals surface area contributed by atoms with Crippen LogP contribution in [0, 0.1) is 16.2 Å². The third kappa shape index (κ3) is 18.7. The number of primary amides is 1. The number of aliphatic hydroxyl groups excluding tert-OH is 5. The Labute approximate surface area is 530 Å². The third-order valence-electron chi connectivity index (χ3n) is 12.6. The molecule has 39 nitrogen and oxygen atoms in total. The monoisotopic (exact) mass is 1360 g/mol. The average molecular weight is 1360 g/mol. The number of hydrogen-bond donors (Lipinski definition) is 19. The summed E-state index contributed by atoms with van der Waals surface area (Å²) >= 11 is 11.0. The number of nitrogens with zero attached hydrogens (tertiary/aromatic N) is 11. The summed E-state index contributed by atoms with van der Waals surface area (Å²) in [6.07, 6.45) is -4.28. The first-order valence-electron chi connectivity index (χ1n) is 26.3. The van der Waals surface area contributed by atoms with E-state index in [1.807, 2.05) is 18.0 Å². The molecule has 11 rings (SSSR count). The number of nitrogens with two attached hydrogens (primary N) is 4. The zero-order valence-electron chi connectivity index (χ0n) is 48.0. The van der Waals surface area contributed by atoms with Crippen LogP contribution in [0.4, 0.5) is 36.3 Å². The maximum absolute atomic E-state index is 13.7. The molecule has 10 heterocycles. The largest absolute Gasteiger partial charge is 0.481 e. The molecule has 8 aromatic heterocycles. The summed E-state index contributed by atoms with van der Waals surface area (Å²) in [7, 11) is 1.84. The molecule has 0 radical (unpaired) electrons. The van der Waals surface area contributed by atoms with Gasteiger partial charge in [-0.05, 0) is 49.2 Å². The third-order valence-corrected chi connectivity index (χ3v) is 14.4. The molecule has 0 bridgehead atoms. The van der Waals surface area contributed by atoms with Gasteiger partial charge >= 0.3 is 35.3 Å². The highest BCUT2D eigenvalue weighted by atomic mass is 32.1. The molecule has 0 aliphatic carbocycles. The predicted octanol–water partition coefficient (Wildman–Crippen LogP) is -1.82. The molecule has 9 aromatic rings. The van der Waals surface area contributed by atoms with E-state index in [9.17, 15) is 62.8 Å². The first-order valence-corrected chi connectivity index (χ1v) is 27.9. The molecule has 2 fully saturated rings. The van der Waals surface area contributed by atoms with Crippen molar-refractivity contribution < 1.29 is 78.4 Å². The Morgan fingerprint density at radius 2 is 1.51 bits per heavy atom. The number of halogens is 2. The fourth-order valence-corrected chi connectivity index (χ4v) is 9.50. The number of carboxylic acid groups (broad SMARTS) is 2. The first kappa shape index (κ1) is 71.8. The molecule has 0 saturated carbocycles. The Hall–Kier alpha value is -10.3. The molecule has 8 atom stereocenters. The van der Waals surface area contributed by atoms with E-state index in [2.05, 4.69) is 75.8 Å². The molecule has 2 aliphatic rings. The number of urea groups is 1. The van der Waals surface area contributed by atoms with E-state index < -0.39 is 103 Å². The van der Waals surface area contributed by atoms with E-state index in [0.29, 0.717) is 53.2 Å². The van der Waals surface area contributed by atoms with E-state index in [0.717, 1.165) is 44.9 Å². The number of aryl methyl sites for hydroxylation is 1. The summed E-state index contributed by atoms with van der Waals surface area (Å²) < 4.78 is 39.8. The van der Waals surface area contributed by atoms with E-state index in [1.165, 1.54) is 29.5 Å². The van der Waals surface area contributed by atoms with Gasteiger partial charge in [-0.3, -0.25) is 28.7 Å². The zero-order valence-corrected chi connectivity index (χ0v) is 50.4. The Morgan fingerprint density at radius 3 is 2.12 bits per heavy atom. The summed E-state index contributed by atoms with van der Waals surface area (Å²) in [5.41, 5.74) is 23.6. The van der Waals surface area contributed by atoms with Crippen molar-refractivity contribution in [2.24, 2.45) is 5.73 Å². The Balaban J connectivity index is 0.000000192. The molecule has 0 spiro atoms. The van der Waals surface area contributed by atoms with Crippen LogP contribution in [0.3, 0.4) is 0 Å². The molecule has 2 aliphatic heterocycles. The van der Waals surface area contributed by atoms with Gasteiger partial charge < -0.3 is 103 Å². The van der Waals surface area contributed by atoms with Crippen molar-refractivity contribution >= 4 is 116 Å². The topological polar surface area (TPSA) is 623 Å². The number of rotatable bonds is 13. The van der Waals surface area contributed by atoms with Crippen LogP contribution in [-0.4, -0.2) is 202 Å². The fraction of sp³-hybridized carbons (Fsp3) is 0.327. The van der Waals surface area contributed by atoms with Crippen molar-refractivity contribution in [1.29, 1.82) is 0 Å². The molecule has 0 unspecified atom stereocenters. The summed E-state index contributed by atoms with van der Waals surface area (Å²) in [4.78, 5) is 125. The standard InChI is InChI=1S/C21H22N4O6S.C9H11F2N3O4.C8H12N4O5.C5H5N5S.C5H4N4S.CH4N2O2/c1-11-22-14-4-3-12(9-13(14)19(28)23-11)10-25(2)17-7-6-16(32-17)20(29)24-15(21(30)31)5-8-18(26)27;10-9(11)6(16)4(3-15)18-7(9)14-2-1-5(12)13-8(14)17;9-7-10-2-12(8(16)11-7)6-5(15)4(14)3(1-13)17-6;6-5-9-3-2(4(11)10-5)7-1-8-3;10-5-3-4(7-1-6-3)8-2-9-5;2-1(4)3-5/h3-4,6-7,9,15H,5,8,10H2,1-2H3,(H,24,29)(H,26,27)(H,30,31)(H,22,23,28);1-2,4,6-7,15-16H,3H2,(H2,12,13,17);2-6,13-15H,1H2,(H2,9,11,16);1H,(H4,6,7,8,9,10,11);1-2H,(H2,6,7,8,9,10);5H,(H3,2,3,4)/t15-;4-,6-,7-;3-,4-,5-,6-;;;/m011.../s1. The fourth-order valence-electron chi connectivity index (χ4n) is 8.17. The van der Waals surface area contributed by atoms with Gasteiger partial charge in [0.25, 0.3) is 11.5 Å². The van der Waals surface area contributed by atoms with Gasteiger partial charge in [0.1, 0.15) is 64.1 Å². The van der Waals surface area contributed by atoms with Crippen molar-refractivity contribution in [2.75, 3.05) is 42.4 Å². The van der Waals surface area contributed by atoms with Crippen LogP contribution in [-0.2, 0) is 25.6 Å². The number of carbonyl (C=O) groups is 4. The predicted molar refractivity (Wildman–Crippen MR) is 325 cm³/mol. The number of aliphatic carboxylic acids is 2. The summed E-state index contributed by atoms with van der Waals surface area (Å²) in [6.45, 7) is 0.933. The lowest BCUT2D eigenvalue weighted by atomic mass is 10.1. The van der Waals surface area contributed by atoms with Gasteiger partial charge in [-0.25, -0.2) is 49.6 Å². The minimum absolute atomic E-state index is 0.114. The summed E-state index contributed by atoms with van der Waals surface area (Å²) in [5.74, 6) is -6.19. The second-order valence-corrected chi connectivity index (χ2v) is 21.0. The number of carbonyl (C=O) groups excluding carboxylic acids is 2. The average Bonchev–Trinajstić information content (AvgIpc) is 1.66. The van der Waals surface area contributed by atoms with Gasteiger partial charge in [-0.2, -0.15) is 23.7 Å². The number of thiophene rings is 1. The van der Waals surface area contributed by atoms with Gasteiger partial charge in [-0.1, -0.05) is 30.5 Å². The number of anilines is 4. The smallest absolute Gasteiger partial charge is 0.354 e. The maximum Gasteiger partial charge on any atom is 0.354 e. The van der Waals surface area contributed by atoms with E-state index in [4.69, 9.17) is 71.6 Å². The maximum atomic E-state index is 13.7. The van der Waals surface area contributed by atoms with Gasteiger partial charge in [0.15, 0.2) is 28.3 Å². The molecule has 93 heavy (non-hydrogen) atoms. The number of amides is 3. The number of ether oxygens (including phenoxy) is 2. The SMILES string of the molecule is Cc1nc2ccc(CN(C)c3ccc(C(=O)N[C@@H](CCC(=O)O)C(=O)O)s3)cc2c(=O)[nH]1.NC(=O)NO.Nc1ccn([C@@H]2O[C@H](CO)[C@@H](O)C2(F)F)c(=O)n1.Nc1nc2nc[nH]c2c(=S)[nH]1.Nc1ncn([C@@H]2O[C@H](CO)[C@@H](O)[C@H]2O)c(=O)n1.S=c1nc[nH]c2nc[nH]c12. The highest BCUT2D eigenvalue weighted by molar-refractivity contribution is 7.71. The number of H-pyrrole nitrogens is 5. The Bertz CT molecular complexity index is 4390. The molecule has 3 amide bonds. The molecular formula is C49H58F2N22O17S3. The van der Waals surface area contributed by atoms with Crippen LogP contribution >= 0.6 is 35.8 Å². The molecular weight excluding hydrogens is 1300 g/mol. The van der Waals surface area contributed by atoms with Crippen LogP contribution in [0.5, 0.6) is 0 Å².